The standard InChI is InChI=1S/C20H11BN4O2/c1-3-8-14-12(6-1)22-19-24(14)21-18-16(26-19)10-5-11-17(18)27-20-23-13-7-2-4-9-15(13)25(20)21/h1-11H. The van der Waals surface area contributed by atoms with Crippen LogP contribution in [0.1, 0.15) is 0 Å². The van der Waals surface area contributed by atoms with Gasteiger partial charge in [0.05, 0.1) is 27.5 Å². The molecule has 7 rings (SSSR count). The van der Waals surface area contributed by atoms with Crippen molar-refractivity contribution < 1.29 is 9.47 Å². The zero-order valence-corrected chi connectivity index (χ0v) is 14.0. The minimum Gasteiger partial charge on any atom is -0.427 e. The molecule has 3 aromatic carbocycles. The molecule has 2 aliphatic rings. The summed E-state index contributed by atoms with van der Waals surface area (Å²) >= 11 is 0. The van der Waals surface area contributed by atoms with Crippen molar-refractivity contribution in [2.75, 3.05) is 0 Å². The normalized spacial score (nSPS) is 13.7. The number of hydrogen-bond donors (Lipinski definition) is 0. The average molecular weight is 350 g/mol. The highest BCUT2D eigenvalue weighted by atomic mass is 16.5. The molecule has 27 heavy (non-hydrogen) atoms. The lowest BCUT2D eigenvalue weighted by molar-refractivity contribution is 0.409. The molecule has 0 saturated carbocycles. The van der Waals surface area contributed by atoms with Gasteiger partial charge in [0.1, 0.15) is 11.5 Å². The highest BCUT2D eigenvalue weighted by molar-refractivity contribution is 6.74. The monoisotopic (exact) mass is 350 g/mol. The molecule has 126 valence electrons. The molecule has 6 nitrogen and oxygen atoms in total. The maximum absolute atomic E-state index is 6.15. The minimum atomic E-state index is -0.163. The van der Waals surface area contributed by atoms with Crippen molar-refractivity contribution in [3.63, 3.8) is 0 Å². The topological polar surface area (TPSA) is 54.1 Å². The van der Waals surface area contributed by atoms with Gasteiger partial charge in [-0.05, 0) is 36.4 Å². The molecule has 0 amide bonds. The first kappa shape index (κ1) is 13.5. The van der Waals surface area contributed by atoms with Gasteiger partial charge in [0.15, 0.2) is 0 Å². The van der Waals surface area contributed by atoms with Crippen LogP contribution >= 0.6 is 0 Å². The summed E-state index contributed by atoms with van der Waals surface area (Å²) in [4.78, 5) is 9.42. The van der Waals surface area contributed by atoms with E-state index in [4.69, 9.17) is 19.4 Å². The minimum absolute atomic E-state index is 0.163. The molecule has 4 heterocycles. The van der Waals surface area contributed by atoms with Gasteiger partial charge in [-0.1, -0.05) is 30.3 Å². The van der Waals surface area contributed by atoms with E-state index in [1.165, 1.54) is 0 Å². The molecule has 0 saturated heterocycles. The van der Waals surface area contributed by atoms with Crippen LogP contribution in [0.3, 0.4) is 0 Å². The number of hydrogen-bond acceptors (Lipinski definition) is 4. The quantitative estimate of drug-likeness (QED) is 0.394. The van der Waals surface area contributed by atoms with Gasteiger partial charge < -0.3 is 18.4 Å². The van der Waals surface area contributed by atoms with E-state index in [0.717, 1.165) is 39.0 Å². The molecule has 0 fully saturated rings. The van der Waals surface area contributed by atoms with Gasteiger partial charge in [-0.15, -0.1) is 0 Å². The maximum atomic E-state index is 6.15. The van der Waals surface area contributed by atoms with Gasteiger partial charge in [0, 0.05) is 0 Å². The number of ether oxygens (including phenoxy) is 2. The number of benzene rings is 3. The molecular formula is C20H11BN4O2. The average Bonchev–Trinajstić information content (AvgIpc) is 3.25. The van der Waals surface area contributed by atoms with E-state index in [2.05, 4.69) is 21.1 Å². The van der Waals surface area contributed by atoms with Crippen LogP contribution in [0.4, 0.5) is 0 Å². The van der Waals surface area contributed by atoms with Crippen molar-refractivity contribution >= 4 is 34.5 Å². The second-order valence-corrected chi connectivity index (χ2v) is 6.75. The van der Waals surface area contributed by atoms with E-state index in [1.54, 1.807) is 0 Å². The smallest absolute Gasteiger partial charge is 0.427 e. The van der Waals surface area contributed by atoms with E-state index in [-0.39, 0.29) is 6.98 Å². The number of aromatic nitrogens is 4. The molecule has 0 unspecified atom stereocenters. The van der Waals surface area contributed by atoms with Gasteiger partial charge in [-0.25, -0.2) is 0 Å². The Hall–Kier alpha value is -3.74. The highest BCUT2D eigenvalue weighted by Crippen LogP contribution is 2.39. The largest absolute Gasteiger partial charge is 0.435 e. The molecule has 5 aromatic rings. The number of imidazole rings is 2. The molecule has 0 aliphatic carbocycles. The Labute approximate surface area is 153 Å². The van der Waals surface area contributed by atoms with Crippen LogP contribution in [-0.4, -0.2) is 25.9 Å². The lowest BCUT2D eigenvalue weighted by Gasteiger charge is -2.31. The van der Waals surface area contributed by atoms with E-state index in [9.17, 15) is 0 Å². The number of nitrogens with zero attached hydrogens (tertiary/aromatic N) is 4. The Balaban J connectivity index is 1.66. The lowest BCUT2D eigenvalue weighted by Crippen LogP contribution is -2.50. The Bertz CT molecular complexity index is 1300. The summed E-state index contributed by atoms with van der Waals surface area (Å²) in [7, 11) is 0. The van der Waals surface area contributed by atoms with Gasteiger partial charge in [-0.2, -0.15) is 9.97 Å². The zero-order valence-electron chi connectivity index (χ0n) is 14.0. The van der Waals surface area contributed by atoms with E-state index in [0.29, 0.717) is 12.0 Å². The molecule has 2 aromatic heterocycles. The number of rotatable bonds is 0. The molecule has 2 aliphatic heterocycles. The van der Waals surface area contributed by atoms with Crippen molar-refractivity contribution in [2.24, 2.45) is 0 Å². The second-order valence-electron chi connectivity index (χ2n) is 6.75. The molecule has 0 radical (unpaired) electrons. The fourth-order valence-electron chi connectivity index (χ4n) is 4.19. The predicted octanol–water partition coefficient (Wildman–Crippen LogP) is 3.39. The van der Waals surface area contributed by atoms with Crippen LogP contribution < -0.4 is 14.9 Å². The van der Waals surface area contributed by atoms with Gasteiger partial charge in [0.2, 0.25) is 0 Å². The first-order chi connectivity index (χ1) is 13.4. The van der Waals surface area contributed by atoms with Crippen molar-refractivity contribution in [3.8, 4) is 23.5 Å². The van der Waals surface area contributed by atoms with Crippen LogP contribution in [0, 0.1) is 0 Å². The second kappa shape index (κ2) is 4.51. The third kappa shape index (κ3) is 1.57. The van der Waals surface area contributed by atoms with E-state index >= 15 is 0 Å². The summed E-state index contributed by atoms with van der Waals surface area (Å²) in [5, 5.41) is 0. The predicted molar refractivity (Wildman–Crippen MR) is 102 cm³/mol. The summed E-state index contributed by atoms with van der Waals surface area (Å²) in [6.07, 6.45) is 0. The van der Waals surface area contributed by atoms with Crippen LogP contribution in [0.5, 0.6) is 23.5 Å². The Morgan fingerprint density at radius 1 is 0.630 bits per heavy atom. The van der Waals surface area contributed by atoms with Gasteiger partial charge in [-0.3, -0.25) is 0 Å². The molecular weight excluding hydrogens is 339 g/mol. The van der Waals surface area contributed by atoms with E-state index in [1.807, 2.05) is 54.6 Å². The Morgan fingerprint density at radius 2 is 1.15 bits per heavy atom. The third-order valence-electron chi connectivity index (χ3n) is 5.30. The lowest BCUT2D eigenvalue weighted by atomic mass is 9.64. The third-order valence-corrected chi connectivity index (χ3v) is 5.30. The van der Waals surface area contributed by atoms with Crippen LogP contribution in [0.2, 0.25) is 0 Å². The summed E-state index contributed by atoms with van der Waals surface area (Å²) in [5.74, 6) is 1.53. The summed E-state index contributed by atoms with van der Waals surface area (Å²) < 4.78 is 16.6. The Morgan fingerprint density at radius 3 is 1.70 bits per heavy atom. The molecule has 7 heteroatoms. The first-order valence-corrected chi connectivity index (χ1v) is 8.81. The SMILES string of the molecule is c1cc2c3c(c1)Oc1nc4ccccc4n1B3n1c(nc3ccccc31)O2. The zero-order chi connectivity index (χ0) is 17.5. The van der Waals surface area contributed by atoms with Crippen LogP contribution in [0.25, 0.3) is 22.1 Å². The van der Waals surface area contributed by atoms with Crippen LogP contribution in [-0.2, 0) is 0 Å². The fourth-order valence-corrected chi connectivity index (χ4v) is 4.19. The summed E-state index contributed by atoms with van der Waals surface area (Å²) in [6.45, 7) is -0.163. The summed E-state index contributed by atoms with van der Waals surface area (Å²) in [5.41, 5.74) is 4.83. The van der Waals surface area contributed by atoms with Crippen molar-refractivity contribution in [1.29, 1.82) is 0 Å². The Kier molecular flexibility index (Phi) is 2.25. The maximum Gasteiger partial charge on any atom is 0.435 e. The highest BCUT2D eigenvalue weighted by Gasteiger charge is 2.44. The number of fused-ring (bicyclic) bond motifs is 8. The first-order valence-electron chi connectivity index (χ1n) is 8.81. The molecule has 0 atom stereocenters. The summed E-state index contributed by atoms with van der Waals surface area (Å²) in [6, 6.07) is 23.2. The van der Waals surface area contributed by atoms with Crippen molar-refractivity contribution in [1.82, 2.24) is 18.9 Å². The van der Waals surface area contributed by atoms with Crippen molar-refractivity contribution in [3.05, 3.63) is 66.7 Å². The fraction of sp³-hybridized carbons (Fsp3) is 0. The number of para-hydroxylation sites is 4. The molecule has 0 bridgehead atoms. The van der Waals surface area contributed by atoms with Gasteiger partial charge in [0.25, 0.3) is 12.0 Å². The van der Waals surface area contributed by atoms with Gasteiger partial charge >= 0.3 is 6.98 Å². The van der Waals surface area contributed by atoms with Crippen LogP contribution in [0.15, 0.2) is 66.7 Å². The van der Waals surface area contributed by atoms with E-state index < -0.39 is 0 Å². The molecule has 0 spiro atoms. The van der Waals surface area contributed by atoms with Crippen molar-refractivity contribution in [2.45, 2.75) is 0 Å². The molecule has 0 N–H and O–H groups in total.